The van der Waals surface area contributed by atoms with E-state index in [2.05, 4.69) is 6.58 Å². The van der Waals surface area contributed by atoms with Gasteiger partial charge in [-0.1, -0.05) is 13.5 Å². The highest BCUT2D eigenvalue weighted by atomic mass is 19.1. The summed E-state index contributed by atoms with van der Waals surface area (Å²) in [6.45, 7) is 6.30. The number of hydrogen-bond acceptors (Lipinski definition) is 0. The summed E-state index contributed by atoms with van der Waals surface area (Å²) in [5, 5.41) is 0. The average Bonchev–Trinajstić information content (AvgIpc) is 1.98. The zero-order valence-corrected chi connectivity index (χ0v) is 6.82. The fraction of sp³-hybridized carbons (Fsp3) is 0.333. The van der Waals surface area contributed by atoms with E-state index >= 15 is 0 Å². The Hall–Kier alpha value is -0.920. The van der Waals surface area contributed by atoms with Crippen molar-refractivity contribution in [1.29, 1.82) is 0 Å². The van der Waals surface area contributed by atoms with Crippen LogP contribution in [-0.2, 0) is 0 Å². The van der Waals surface area contributed by atoms with Gasteiger partial charge in [0.1, 0.15) is 5.83 Å². The van der Waals surface area contributed by atoms with Gasteiger partial charge in [-0.15, -0.1) is 0 Å². The van der Waals surface area contributed by atoms with E-state index in [-0.39, 0.29) is 5.83 Å². The molecule has 0 nitrogen and oxygen atoms in total. The second-order valence-electron chi connectivity index (χ2n) is 2.16. The van der Waals surface area contributed by atoms with Gasteiger partial charge in [-0.25, -0.2) is 8.78 Å². The van der Waals surface area contributed by atoms with E-state index in [1.165, 1.54) is 13.0 Å². The highest BCUT2D eigenvalue weighted by Crippen LogP contribution is 2.14. The summed E-state index contributed by atoms with van der Waals surface area (Å²) >= 11 is 0. The summed E-state index contributed by atoms with van der Waals surface area (Å²) in [5.41, 5.74) is 0.347. The lowest BCUT2D eigenvalue weighted by atomic mass is 10.1. The molecule has 0 saturated heterocycles. The van der Waals surface area contributed by atoms with Gasteiger partial charge in [0.25, 0.3) is 0 Å². The SMILES string of the molecule is C=C/C(F)=C(\C=C(/C)F)CC. The molecule has 62 valence electrons. The maximum Gasteiger partial charge on any atom is 0.125 e. The summed E-state index contributed by atoms with van der Waals surface area (Å²) in [4.78, 5) is 0. The third-order valence-corrected chi connectivity index (χ3v) is 1.24. The first-order chi connectivity index (χ1) is 5.11. The van der Waals surface area contributed by atoms with Crippen LogP contribution < -0.4 is 0 Å². The Kier molecular flexibility index (Phi) is 4.42. The van der Waals surface area contributed by atoms with Crippen LogP contribution in [0.4, 0.5) is 8.78 Å². The normalized spacial score (nSPS) is 14.4. The van der Waals surface area contributed by atoms with Gasteiger partial charge >= 0.3 is 0 Å². The molecule has 11 heavy (non-hydrogen) atoms. The van der Waals surface area contributed by atoms with Crippen LogP contribution in [0.25, 0.3) is 0 Å². The molecule has 0 aromatic heterocycles. The molecule has 0 aliphatic heterocycles. The van der Waals surface area contributed by atoms with Crippen molar-refractivity contribution in [1.82, 2.24) is 0 Å². The number of allylic oxidation sites excluding steroid dienone is 5. The molecule has 0 aromatic carbocycles. The van der Waals surface area contributed by atoms with Gasteiger partial charge in [-0.3, -0.25) is 0 Å². The molecule has 0 fully saturated rings. The van der Waals surface area contributed by atoms with Crippen LogP contribution in [0.2, 0.25) is 0 Å². The summed E-state index contributed by atoms with van der Waals surface area (Å²) in [6, 6.07) is 0. The lowest BCUT2D eigenvalue weighted by Gasteiger charge is -1.96. The molecule has 2 heteroatoms. The Bertz CT molecular complexity index is 196. The minimum atomic E-state index is -0.454. The second kappa shape index (κ2) is 4.83. The predicted octanol–water partition coefficient (Wildman–Crippen LogP) is 3.68. The van der Waals surface area contributed by atoms with Crippen molar-refractivity contribution in [3.05, 3.63) is 36.0 Å². The monoisotopic (exact) mass is 158 g/mol. The molecule has 0 heterocycles. The smallest absolute Gasteiger partial charge is 0.125 e. The van der Waals surface area contributed by atoms with Gasteiger partial charge < -0.3 is 0 Å². The highest BCUT2D eigenvalue weighted by Gasteiger charge is 1.97. The molecule has 0 radical (unpaired) electrons. The first kappa shape index (κ1) is 10.1. The van der Waals surface area contributed by atoms with Crippen LogP contribution in [0.1, 0.15) is 20.3 Å². The minimum Gasteiger partial charge on any atom is -0.212 e. The van der Waals surface area contributed by atoms with Crippen LogP contribution in [0, 0.1) is 0 Å². The van der Waals surface area contributed by atoms with Gasteiger partial charge in [-0.2, -0.15) is 0 Å². The van der Waals surface area contributed by atoms with Crippen molar-refractivity contribution in [3.8, 4) is 0 Å². The van der Waals surface area contributed by atoms with E-state index in [0.29, 0.717) is 12.0 Å². The molecule has 0 aliphatic rings. The summed E-state index contributed by atoms with van der Waals surface area (Å²) < 4.78 is 25.0. The van der Waals surface area contributed by atoms with Crippen LogP contribution in [-0.4, -0.2) is 0 Å². The van der Waals surface area contributed by atoms with Crippen molar-refractivity contribution in [2.45, 2.75) is 20.3 Å². The Balaban J connectivity index is 4.66. The fourth-order valence-corrected chi connectivity index (χ4v) is 0.711. The van der Waals surface area contributed by atoms with Gasteiger partial charge in [0.15, 0.2) is 0 Å². The quantitative estimate of drug-likeness (QED) is 0.549. The standard InChI is InChI=1S/C9H12F2/c1-4-8(6-7(3)10)9(11)5-2/h5-6H,2,4H2,1,3H3/b7-6+,9-8+. The Morgan fingerprint density at radius 3 is 2.27 bits per heavy atom. The Morgan fingerprint density at radius 1 is 1.45 bits per heavy atom. The molecule has 0 amide bonds. The molecular weight excluding hydrogens is 146 g/mol. The molecule has 0 unspecified atom stereocenters. The molecule has 0 N–H and O–H groups in total. The second-order valence-corrected chi connectivity index (χ2v) is 2.16. The van der Waals surface area contributed by atoms with Crippen LogP contribution in [0.3, 0.4) is 0 Å². The third kappa shape index (κ3) is 3.71. The van der Waals surface area contributed by atoms with E-state index < -0.39 is 5.83 Å². The van der Waals surface area contributed by atoms with Crippen molar-refractivity contribution in [2.75, 3.05) is 0 Å². The van der Waals surface area contributed by atoms with Crippen LogP contribution >= 0.6 is 0 Å². The number of rotatable bonds is 3. The fourth-order valence-electron chi connectivity index (χ4n) is 0.711. The van der Waals surface area contributed by atoms with Crippen molar-refractivity contribution < 1.29 is 8.78 Å². The van der Waals surface area contributed by atoms with Gasteiger partial charge in [0.05, 0.1) is 5.83 Å². The predicted molar refractivity (Wildman–Crippen MR) is 43.5 cm³/mol. The Labute approximate surface area is 65.9 Å². The van der Waals surface area contributed by atoms with Crippen LogP contribution in [0.5, 0.6) is 0 Å². The van der Waals surface area contributed by atoms with Gasteiger partial charge in [0, 0.05) is 0 Å². The number of hydrogen-bond donors (Lipinski definition) is 0. The van der Waals surface area contributed by atoms with Crippen molar-refractivity contribution >= 4 is 0 Å². The van der Waals surface area contributed by atoms with E-state index in [1.807, 2.05) is 0 Å². The van der Waals surface area contributed by atoms with E-state index in [0.717, 1.165) is 6.08 Å². The molecule has 0 aliphatic carbocycles. The first-order valence-corrected chi connectivity index (χ1v) is 3.46. The lowest BCUT2D eigenvalue weighted by molar-refractivity contribution is 0.628. The minimum absolute atomic E-state index is 0.347. The number of halogens is 2. The maximum atomic E-state index is 12.7. The van der Waals surface area contributed by atoms with Gasteiger partial charge in [-0.05, 0) is 31.1 Å². The largest absolute Gasteiger partial charge is 0.212 e. The maximum absolute atomic E-state index is 12.7. The molecule has 0 rings (SSSR count). The molecule has 0 spiro atoms. The lowest BCUT2D eigenvalue weighted by Crippen LogP contribution is -1.79. The Morgan fingerprint density at radius 2 is 2.00 bits per heavy atom. The summed E-state index contributed by atoms with van der Waals surface area (Å²) in [5.74, 6) is -0.844. The van der Waals surface area contributed by atoms with E-state index in [4.69, 9.17) is 0 Å². The topological polar surface area (TPSA) is 0 Å². The molecule has 0 saturated carbocycles. The molecule has 0 aromatic rings. The zero-order valence-electron chi connectivity index (χ0n) is 6.82. The highest BCUT2D eigenvalue weighted by molar-refractivity contribution is 5.28. The van der Waals surface area contributed by atoms with Crippen molar-refractivity contribution in [2.24, 2.45) is 0 Å². The van der Waals surface area contributed by atoms with E-state index in [9.17, 15) is 8.78 Å². The van der Waals surface area contributed by atoms with E-state index in [1.54, 1.807) is 6.92 Å². The molecular formula is C9H12F2. The molecule has 0 atom stereocenters. The summed E-state index contributed by atoms with van der Waals surface area (Å²) in [7, 11) is 0. The third-order valence-electron chi connectivity index (χ3n) is 1.24. The average molecular weight is 158 g/mol. The van der Waals surface area contributed by atoms with Crippen molar-refractivity contribution in [3.63, 3.8) is 0 Å². The van der Waals surface area contributed by atoms with Gasteiger partial charge in [0.2, 0.25) is 0 Å². The van der Waals surface area contributed by atoms with Crippen LogP contribution in [0.15, 0.2) is 36.0 Å². The molecule has 0 bridgehead atoms. The first-order valence-electron chi connectivity index (χ1n) is 3.46. The summed E-state index contributed by atoms with van der Waals surface area (Å²) in [6.07, 6.45) is 2.73. The zero-order chi connectivity index (χ0) is 8.85.